The van der Waals surface area contributed by atoms with Gasteiger partial charge in [-0.15, -0.1) is 0 Å². The van der Waals surface area contributed by atoms with Gasteiger partial charge in [0.2, 0.25) is 0 Å². The molecule has 1 aromatic carbocycles. The Labute approximate surface area is 106 Å². The summed E-state index contributed by atoms with van der Waals surface area (Å²) < 4.78 is 1.20. The van der Waals surface area contributed by atoms with Crippen LogP contribution >= 0.6 is 15.9 Å². The van der Waals surface area contributed by atoms with Crippen molar-refractivity contribution in [3.05, 3.63) is 33.8 Å². The van der Waals surface area contributed by atoms with Gasteiger partial charge in [0.25, 0.3) is 0 Å². The molecule has 0 amide bonds. The van der Waals surface area contributed by atoms with Gasteiger partial charge in [-0.05, 0) is 37.0 Å². The SMILES string of the molecule is Cc1ccc(CNCCNC2CC2)c(Br)c1. The summed E-state index contributed by atoms with van der Waals surface area (Å²) in [6.07, 6.45) is 2.73. The Bertz CT molecular complexity index is 348. The lowest BCUT2D eigenvalue weighted by Gasteiger charge is -2.08. The van der Waals surface area contributed by atoms with Crippen molar-refractivity contribution < 1.29 is 0 Å². The van der Waals surface area contributed by atoms with Crippen molar-refractivity contribution in [1.82, 2.24) is 10.6 Å². The Balaban J connectivity index is 1.67. The van der Waals surface area contributed by atoms with Crippen LogP contribution in [0.4, 0.5) is 0 Å². The van der Waals surface area contributed by atoms with Crippen LogP contribution in [0, 0.1) is 6.92 Å². The van der Waals surface area contributed by atoms with E-state index in [0.29, 0.717) is 0 Å². The number of nitrogens with one attached hydrogen (secondary N) is 2. The maximum atomic E-state index is 3.59. The molecule has 0 aliphatic heterocycles. The second kappa shape index (κ2) is 5.80. The van der Waals surface area contributed by atoms with E-state index in [4.69, 9.17) is 0 Å². The Hall–Kier alpha value is -0.380. The normalized spacial score (nSPS) is 15.4. The third-order valence-corrected chi connectivity index (χ3v) is 3.57. The van der Waals surface area contributed by atoms with Crippen LogP contribution in [-0.4, -0.2) is 19.1 Å². The van der Waals surface area contributed by atoms with Crippen molar-refractivity contribution in [3.63, 3.8) is 0 Å². The number of halogens is 1. The van der Waals surface area contributed by atoms with Crippen LogP contribution in [0.2, 0.25) is 0 Å². The van der Waals surface area contributed by atoms with Crippen LogP contribution in [0.1, 0.15) is 24.0 Å². The monoisotopic (exact) mass is 282 g/mol. The fraction of sp³-hybridized carbons (Fsp3) is 0.538. The Morgan fingerprint density at radius 2 is 2.12 bits per heavy atom. The molecule has 1 aliphatic carbocycles. The summed E-state index contributed by atoms with van der Waals surface area (Å²) in [5.41, 5.74) is 2.63. The van der Waals surface area contributed by atoms with E-state index in [0.717, 1.165) is 25.7 Å². The molecule has 0 saturated heterocycles. The molecule has 0 aromatic heterocycles. The van der Waals surface area contributed by atoms with Gasteiger partial charge >= 0.3 is 0 Å². The summed E-state index contributed by atoms with van der Waals surface area (Å²) in [7, 11) is 0. The fourth-order valence-electron chi connectivity index (χ4n) is 1.67. The first-order chi connectivity index (χ1) is 7.75. The molecule has 16 heavy (non-hydrogen) atoms. The zero-order valence-corrected chi connectivity index (χ0v) is 11.3. The highest BCUT2D eigenvalue weighted by Gasteiger charge is 2.19. The second-order valence-corrected chi connectivity index (χ2v) is 5.35. The maximum Gasteiger partial charge on any atom is 0.0222 e. The van der Waals surface area contributed by atoms with Crippen molar-refractivity contribution in [2.75, 3.05) is 13.1 Å². The van der Waals surface area contributed by atoms with Gasteiger partial charge < -0.3 is 10.6 Å². The summed E-state index contributed by atoms with van der Waals surface area (Å²) in [6, 6.07) is 7.32. The van der Waals surface area contributed by atoms with Crippen molar-refractivity contribution in [1.29, 1.82) is 0 Å². The van der Waals surface area contributed by atoms with Crippen LogP contribution in [-0.2, 0) is 6.54 Å². The van der Waals surface area contributed by atoms with E-state index in [-0.39, 0.29) is 0 Å². The fourth-order valence-corrected chi connectivity index (χ4v) is 2.30. The molecule has 1 saturated carbocycles. The first-order valence-corrected chi connectivity index (χ1v) is 6.74. The quantitative estimate of drug-likeness (QED) is 0.784. The van der Waals surface area contributed by atoms with Crippen LogP contribution in [0.5, 0.6) is 0 Å². The standard InChI is InChI=1S/C13H19BrN2/c1-10-2-3-11(13(14)8-10)9-15-6-7-16-12-4-5-12/h2-3,8,12,15-16H,4-7,9H2,1H3. The van der Waals surface area contributed by atoms with Gasteiger partial charge in [-0.2, -0.15) is 0 Å². The summed E-state index contributed by atoms with van der Waals surface area (Å²) in [5, 5.41) is 6.94. The molecule has 88 valence electrons. The molecule has 1 aliphatic rings. The predicted octanol–water partition coefficient (Wildman–Crippen LogP) is 2.60. The van der Waals surface area contributed by atoms with E-state index in [1.165, 1.54) is 28.4 Å². The molecule has 2 nitrogen and oxygen atoms in total. The minimum atomic E-state index is 0.813. The molecular weight excluding hydrogens is 264 g/mol. The zero-order valence-electron chi connectivity index (χ0n) is 9.72. The van der Waals surface area contributed by atoms with E-state index in [1.54, 1.807) is 0 Å². The number of benzene rings is 1. The average Bonchev–Trinajstić information content (AvgIpc) is 3.04. The van der Waals surface area contributed by atoms with Gasteiger partial charge in [0.05, 0.1) is 0 Å². The molecule has 0 unspecified atom stereocenters. The summed E-state index contributed by atoms with van der Waals surface area (Å²) in [5.74, 6) is 0. The van der Waals surface area contributed by atoms with Crippen molar-refractivity contribution in [2.24, 2.45) is 0 Å². The lowest BCUT2D eigenvalue weighted by atomic mass is 10.1. The minimum Gasteiger partial charge on any atom is -0.313 e. The molecular formula is C13H19BrN2. The van der Waals surface area contributed by atoms with Crippen LogP contribution in [0.25, 0.3) is 0 Å². The highest BCUT2D eigenvalue weighted by molar-refractivity contribution is 9.10. The molecule has 0 heterocycles. The highest BCUT2D eigenvalue weighted by Crippen LogP contribution is 2.18. The van der Waals surface area contributed by atoms with Gasteiger partial charge in [-0.25, -0.2) is 0 Å². The molecule has 2 N–H and O–H groups in total. The van der Waals surface area contributed by atoms with Crippen molar-refractivity contribution >= 4 is 15.9 Å². The molecule has 0 bridgehead atoms. The average molecular weight is 283 g/mol. The summed E-state index contributed by atoms with van der Waals surface area (Å²) >= 11 is 3.59. The topological polar surface area (TPSA) is 24.1 Å². The number of hydrogen-bond donors (Lipinski definition) is 2. The molecule has 0 spiro atoms. The first kappa shape index (κ1) is 12.1. The summed E-state index contributed by atoms with van der Waals surface area (Å²) in [6.45, 7) is 5.17. The van der Waals surface area contributed by atoms with E-state index >= 15 is 0 Å². The van der Waals surface area contributed by atoms with E-state index in [1.807, 2.05) is 0 Å². The molecule has 3 heteroatoms. The Morgan fingerprint density at radius 1 is 1.31 bits per heavy atom. The van der Waals surface area contributed by atoms with Crippen LogP contribution < -0.4 is 10.6 Å². The minimum absolute atomic E-state index is 0.813. The number of hydrogen-bond acceptors (Lipinski definition) is 2. The predicted molar refractivity (Wildman–Crippen MR) is 71.6 cm³/mol. The smallest absolute Gasteiger partial charge is 0.0222 e. The van der Waals surface area contributed by atoms with Gasteiger partial charge in [-0.1, -0.05) is 28.1 Å². The Morgan fingerprint density at radius 3 is 2.81 bits per heavy atom. The lowest BCUT2D eigenvalue weighted by molar-refractivity contribution is 0.608. The molecule has 1 fully saturated rings. The number of aryl methyl sites for hydroxylation is 1. The van der Waals surface area contributed by atoms with Crippen LogP contribution in [0.3, 0.4) is 0 Å². The molecule has 2 rings (SSSR count). The molecule has 1 aromatic rings. The maximum absolute atomic E-state index is 3.59. The van der Waals surface area contributed by atoms with Crippen molar-refractivity contribution in [3.8, 4) is 0 Å². The lowest BCUT2D eigenvalue weighted by Crippen LogP contribution is -2.28. The van der Waals surface area contributed by atoms with Gasteiger partial charge in [0.15, 0.2) is 0 Å². The molecule has 0 atom stereocenters. The largest absolute Gasteiger partial charge is 0.313 e. The van der Waals surface area contributed by atoms with E-state index in [2.05, 4.69) is 51.7 Å². The van der Waals surface area contributed by atoms with Crippen LogP contribution in [0.15, 0.2) is 22.7 Å². The van der Waals surface area contributed by atoms with Gasteiger partial charge in [0, 0.05) is 30.1 Å². The third-order valence-electron chi connectivity index (χ3n) is 2.84. The third kappa shape index (κ3) is 3.89. The number of rotatable bonds is 6. The summed E-state index contributed by atoms with van der Waals surface area (Å²) in [4.78, 5) is 0. The van der Waals surface area contributed by atoms with E-state index < -0.39 is 0 Å². The first-order valence-electron chi connectivity index (χ1n) is 5.95. The van der Waals surface area contributed by atoms with Crippen molar-refractivity contribution in [2.45, 2.75) is 32.4 Å². The van der Waals surface area contributed by atoms with Gasteiger partial charge in [0.1, 0.15) is 0 Å². The highest BCUT2D eigenvalue weighted by atomic mass is 79.9. The van der Waals surface area contributed by atoms with E-state index in [9.17, 15) is 0 Å². The second-order valence-electron chi connectivity index (χ2n) is 4.50. The Kier molecular flexibility index (Phi) is 4.38. The van der Waals surface area contributed by atoms with Gasteiger partial charge in [-0.3, -0.25) is 0 Å². The molecule has 0 radical (unpaired) electrons. The zero-order chi connectivity index (χ0) is 11.4.